The zero-order valence-corrected chi connectivity index (χ0v) is 16.7. The van der Waals surface area contributed by atoms with Crippen LogP contribution in [0.25, 0.3) is 16.7 Å². The molecule has 3 aromatic rings. The molecule has 1 saturated carbocycles. The molecule has 0 aliphatic heterocycles. The number of pyridine rings is 1. The quantitative estimate of drug-likeness (QED) is 0.514. The third-order valence-electron chi connectivity index (χ3n) is 4.93. The Labute approximate surface area is 167 Å². The molecule has 7 heteroatoms. The molecule has 1 N–H and O–H groups in total. The molecule has 0 bridgehead atoms. The predicted octanol–water partition coefficient (Wildman–Crippen LogP) is 3.10. The molecule has 6 nitrogen and oxygen atoms in total. The zero-order chi connectivity index (χ0) is 19.7. The topological polar surface area (TPSA) is 76.9 Å². The van der Waals surface area contributed by atoms with Gasteiger partial charge in [-0.3, -0.25) is 9.59 Å². The number of carbonyl (C=O) groups is 1. The van der Waals surface area contributed by atoms with Crippen LogP contribution >= 0.6 is 11.8 Å². The largest absolute Gasteiger partial charge is 0.353 e. The zero-order valence-electron chi connectivity index (χ0n) is 15.9. The van der Waals surface area contributed by atoms with E-state index < -0.39 is 0 Å². The second-order valence-electron chi connectivity index (χ2n) is 7.23. The fourth-order valence-electron chi connectivity index (χ4n) is 3.19. The highest BCUT2D eigenvalue weighted by atomic mass is 32.2. The van der Waals surface area contributed by atoms with Crippen molar-refractivity contribution in [3.63, 3.8) is 0 Å². The van der Waals surface area contributed by atoms with E-state index >= 15 is 0 Å². The summed E-state index contributed by atoms with van der Waals surface area (Å²) in [4.78, 5) is 34.5. The molecular formula is C21H22N4O2S. The van der Waals surface area contributed by atoms with Gasteiger partial charge in [-0.1, -0.05) is 23.9 Å². The summed E-state index contributed by atoms with van der Waals surface area (Å²) in [5, 5.41) is 4.04. The molecule has 1 fully saturated rings. The van der Waals surface area contributed by atoms with E-state index in [1.165, 1.54) is 29.2 Å². The van der Waals surface area contributed by atoms with E-state index in [-0.39, 0.29) is 23.3 Å². The first kappa shape index (κ1) is 18.7. The first-order valence-electron chi connectivity index (χ1n) is 9.40. The highest BCUT2D eigenvalue weighted by molar-refractivity contribution is 7.99. The Morgan fingerprint density at radius 2 is 2.11 bits per heavy atom. The summed E-state index contributed by atoms with van der Waals surface area (Å²) in [6.07, 6.45) is 4.03. The minimum atomic E-state index is -0.182. The van der Waals surface area contributed by atoms with E-state index in [9.17, 15) is 9.59 Å². The van der Waals surface area contributed by atoms with Crippen LogP contribution in [0.1, 0.15) is 25.3 Å². The molecule has 2 aromatic heterocycles. The number of benzene rings is 1. The lowest BCUT2D eigenvalue weighted by Gasteiger charge is -2.14. The number of para-hydroxylation sites is 1. The fourth-order valence-corrected chi connectivity index (χ4v) is 4.01. The smallest absolute Gasteiger partial charge is 0.267 e. The number of nitrogens with one attached hydrogen (secondary N) is 1. The van der Waals surface area contributed by atoms with Crippen LogP contribution in [-0.2, 0) is 4.79 Å². The van der Waals surface area contributed by atoms with Crippen LogP contribution in [0.3, 0.4) is 0 Å². The van der Waals surface area contributed by atoms with Crippen molar-refractivity contribution in [1.29, 1.82) is 0 Å². The summed E-state index contributed by atoms with van der Waals surface area (Å²) in [7, 11) is 0. The standard InChI is InChI=1S/C21H22N4O2S/c1-13-9-10-22-18(11-13)25-20(27)16-5-3-4-6-17(16)24-21(25)28-12-19(26)23-14(2)15-7-8-15/h3-6,9-11,14-15H,7-8,12H2,1-2H3,(H,23,26). The van der Waals surface area contributed by atoms with Gasteiger partial charge >= 0.3 is 0 Å². The maximum absolute atomic E-state index is 13.2. The van der Waals surface area contributed by atoms with Crippen molar-refractivity contribution < 1.29 is 4.79 Å². The summed E-state index contributed by atoms with van der Waals surface area (Å²) in [6, 6.07) is 11.2. The van der Waals surface area contributed by atoms with Crippen LogP contribution < -0.4 is 10.9 Å². The fraction of sp³-hybridized carbons (Fsp3) is 0.333. The Morgan fingerprint density at radius 1 is 1.32 bits per heavy atom. The number of hydrogen-bond donors (Lipinski definition) is 1. The number of aromatic nitrogens is 3. The lowest BCUT2D eigenvalue weighted by Crippen LogP contribution is -2.35. The van der Waals surface area contributed by atoms with E-state index in [2.05, 4.69) is 15.3 Å². The lowest BCUT2D eigenvalue weighted by molar-refractivity contribution is -0.119. The minimum Gasteiger partial charge on any atom is -0.353 e. The number of hydrogen-bond acceptors (Lipinski definition) is 5. The monoisotopic (exact) mass is 394 g/mol. The van der Waals surface area contributed by atoms with Gasteiger partial charge in [-0.15, -0.1) is 0 Å². The van der Waals surface area contributed by atoms with E-state index in [1.807, 2.05) is 44.2 Å². The first-order chi connectivity index (χ1) is 13.5. The summed E-state index contributed by atoms with van der Waals surface area (Å²) < 4.78 is 1.50. The second-order valence-corrected chi connectivity index (χ2v) is 8.17. The Bertz CT molecular complexity index is 1090. The van der Waals surface area contributed by atoms with E-state index in [1.54, 1.807) is 12.3 Å². The van der Waals surface area contributed by atoms with Gasteiger partial charge in [0.1, 0.15) is 5.82 Å². The summed E-state index contributed by atoms with van der Waals surface area (Å²) >= 11 is 1.26. The van der Waals surface area contributed by atoms with Crippen molar-refractivity contribution in [3.8, 4) is 5.82 Å². The predicted molar refractivity (Wildman–Crippen MR) is 111 cm³/mol. The molecule has 1 unspecified atom stereocenters. The molecule has 0 spiro atoms. The molecular weight excluding hydrogens is 372 g/mol. The Hall–Kier alpha value is -2.67. The molecule has 4 rings (SSSR count). The Kier molecular flexibility index (Phi) is 5.17. The lowest BCUT2D eigenvalue weighted by atomic mass is 10.2. The number of carbonyl (C=O) groups excluding carboxylic acids is 1. The maximum Gasteiger partial charge on any atom is 0.267 e. The van der Waals surface area contributed by atoms with E-state index in [0.717, 1.165) is 5.56 Å². The molecule has 144 valence electrons. The third kappa shape index (κ3) is 3.94. The van der Waals surface area contributed by atoms with Gasteiger partial charge in [0.05, 0.1) is 16.7 Å². The van der Waals surface area contributed by atoms with Crippen LogP contribution in [0.15, 0.2) is 52.5 Å². The number of thioether (sulfide) groups is 1. The van der Waals surface area contributed by atoms with Crippen molar-refractivity contribution in [3.05, 3.63) is 58.5 Å². The average molecular weight is 395 g/mol. The molecule has 0 saturated heterocycles. The first-order valence-corrected chi connectivity index (χ1v) is 10.4. The number of amides is 1. The van der Waals surface area contributed by atoms with Gasteiger partial charge in [0.15, 0.2) is 5.16 Å². The van der Waals surface area contributed by atoms with Crippen LogP contribution in [-0.4, -0.2) is 32.2 Å². The molecule has 0 radical (unpaired) electrons. The van der Waals surface area contributed by atoms with Gasteiger partial charge in [-0.2, -0.15) is 0 Å². The summed E-state index contributed by atoms with van der Waals surface area (Å²) in [6.45, 7) is 3.99. The number of aryl methyl sites for hydroxylation is 1. The van der Waals surface area contributed by atoms with Gasteiger partial charge in [0.2, 0.25) is 5.91 Å². The van der Waals surface area contributed by atoms with E-state index in [0.29, 0.717) is 27.8 Å². The molecule has 1 aromatic carbocycles. The second kappa shape index (κ2) is 7.75. The molecule has 28 heavy (non-hydrogen) atoms. The van der Waals surface area contributed by atoms with Gasteiger partial charge in [-0.05, 0) is 62.4 Å². The molecule has 1 aliphatic rings. The Balaban J connectivity index is 1.68. The van der Waals surface area contributed by atoms with Gasteiger partial charge in [0.25, 0.3) is 5.56 Å². The summed E-state index contributed by atoms with van der Waals surface area (Å²) in [5.74, 6) is 1.27. The van der Waals surface area contributed by atoms with Crippen molar-refractivity contribution >= 4 is 28.6 Å². The molecule has 1 amide bonds. The maximum atomic E-state index is 13.2. The van der Waals surface area contributed by atoms with Crippen LogP contribution in [0.2, 0.25) is 0 Å². The van der Waals surface area contributed by atoms with Gasteiger partial charge in [0, 0.05) is 12.2 Å². The van der Waals surface area contributed by atoms with Crippen LogP contribution in [0.4, 0.5) is 0 Å². The number of fused-ring (bicyclic) bond motifs is 1. The average Bonchev–Trinajstić information content (AvgIpc) is 3.52. The van der Waals surface area contributed by atoms with Gasteiger partial charge in [-0.25, -0.2) is 14.5 Å². The minimum absolute atomic E-state index is 0.0458. The normalized spacial score (nSPS) is 14.8. The van der Waals surface area contributed by atoms with Crippen LogP contribution in [0.5, 0.6) is 0 Å². The van der Waals surface area contributed by atoms with Crippen molar-refractivity contribution in [2.24, 2.45) is 5.92 Å². The molecule has 1 atom stereocenters. The third-order valence-corrected chi connectivity index (χ3v) is 5.86. The van der Waals surface area contributed by atoms with Crippen molar-refractivity contribution in [1.82, 2.24) is 19.9 Å². The summed E-state index contributed by atoms with van der Waals surface area (Å²) in [5.41, 5.74) is 1.43. The SMILES string of the molecule is Cc1ccnc(-n2c(SCC(=O)NC(C)C3CC3)nc3ccccc3c2=O)c1. The van der Waals surface area contributed by atoms with Crippen molar-refractivity contribution in [2.45, 2.75) is 37.9 Å². The van der Waals surface area contributed by atoms with Gasteiger partial charge < -0.3 is 5.32 Å². The highest BCUT2D eigenvalue weighted by Gasteiger charge is 2.29. The molecule has 1 aliphatic carbocycles. The highest BCUT2D eigenvalue weighted by Crippen LogP contribution is 2.32. The van der Waals surface area contributed by atoms with Crippen LogP contribution in [0, 0.1) is 12.8 Å². The van der Waals surface area contributed by atoms with E-state index in [4.69, 9.17) is 0 Å². The Morgan fingerprint density at radius 3 is 2.86 bits per heavy atom. The number of nitrogens with zero attached hydrogens (tertiary/aromatic N) is 3. The number of rotatable bonds is 6. The molecule has 2 heterocycles. The van der Waals surface area contributed by atoms with Crippen molar-refractivity contribution in [2.75, 3.05) is 5.75 Å².